The van der Waals surface area contributed by atoms with Gasteiger partial charge in [-0.2, -0.15) is 0 Å². The normalized spacial score (nSPS) is 15.1. The van der Waals surface area contributed by atoms with Crippen molar-refractivity contribution in [1.29, 1.82) is 0 Å². The Morgan fingerprint density at radius 2 is 1.78 bits per heavy atom. The fourth-order valence-corrected chi connectivity index (χ4v) is 4.81. The Morgan fingerprint density at radius 3 is 2.50 bits per heavy atom. The second-order valence-corrected chi connectivity index (χ2v) is 9.78. The summed E-state index contributed by atoms with van der Waals surface area (Å²) in [6.07, 6.45) is 1.82. The summed E-state index contributed by atoms with van der Waals surface area (Å²) in [5, 5.41) is 4.31. The molecule has 1 fully saturated rings. The molecule has 1 unspecified atom stereocenters. The molecule has 1 aromatic heterocycles. The molecule has 186 valence electrons. The number of aromatic nitrogens is 2. The average molecular weight is 502 g/mol. The third-order valence-electron chi connectivity index (χ3n) is 6.66. The standard InChI is InChI=1S/C27H30N6O2S/c1-3-32-14-16-33(17-15-32)24-8-5-7-22(18-24)29-27-28-19-21-6-4-9-25(26(21)30-27)20-10-12-23(13-11-20)31(2)36(34)35/h4-13,18-19H,3,14-17H2,1-2H3,(H,34,35)(H,28,29,30)/p-1. The molecule has 1 saturated heterocycles. The molecule has 1 aliphatic heterocycles. The number of fused-ring (bicyclic) bond motifs is 1. The molecule has 8 nitrogen and oxygen atoms in total. The smallest absolute Gasteiger partial charge is 0.227 e. The Bertz CT molecular complexity index is 1370. The second-order valence-electron chi connectivity index (χ2n) is 8.80. The molecular weight excluding hydrogens is 472 g/mol. The Hall–Kier alpha value is -3.53. The summed E-state index contributed by atoms with van der Waals surface area (Å²) in [7, 11) is 1.52. The molecule has 0 aliphatic carbocycles. The molecule has 0 spiro atoms. The number of rotatable bonds is 7. The van der Waals surface area contributed by atoms with Gasteiger partial charge in [0.2, 0.25) is 5.95 Å². The lowest BCUT2D eigenvalue weighted by molar-refractivity contribution is 0.271. The summed E-state index contributed by atoms with van der Waals surface area (Å²) in [6.45, 7) is 7.51. The summed E-state index contributed by atoms with van der Waals surface area (Å²) in [4.78, 5) is 14.3. The maximum absolute atomic E-state index is 11.3. The second kappa shape index (κ2) is 10.6. The van der Waals surface area contributed by atoms with Gasteiger partial charge in [-0.25, -0.2) is 9.97 Å². The van der Waals surface area contributed by atoms with Gasteiger partial charge in [0.25, 0.3) is 0 Å². The summed E-state index contributed by atoms with van der Waals surface area (Å²) >= 11 is -2.31. The molecule has 1 N–H and O–H groups in total. The third kappa shape index (κ3) is 5.18. The molecule has 0 saturated carbocycles. The Kier molecular flexibility index (Phi) is 7.13. The van der Waals surface area contributed by atoms with E-state index in [1.807, 2.05) is 42.6 Å². The van der Waals surface area contributed by atoms with Crippen LogP contribution in [0.2, 0.25) is 0 Å². The quantitative estimate of drug-likeness (QED) is 0.375. The van der Waals surface area contributed by atoms with E-state index >= 15 is 0 Å². The van der Waals surface area contributed by atoms with Crippen LogP contribution in [0.15, 0.2) is 72.9 Å². The van der Waals surface area contributed by atoms with Gasteiger partial charge in [0.1, 0.15) is 0 Å². The highest BCUT2D eigenvalue weighted by Crippen LogP contribution is 2.30. The van der Waals surface area contributed by atoms with E-state index in [2.05, 4.69) is 45.2 Å². The highest BCUT2D eigenvalue weighted by atomic mass is 32.2. The minimum absolute atomic E-state index is 0.529. The molecule has 1 aliphatic rings. The van der Waals surface area contributed by atoms with Crippen molar-refractivity contribution in [2.24, 2.45) is 0 Å². The van der Waals surface area contributed by atoms with E-state index in [0.29, 0.717) is 11.6 Å². The number of hydrogen-bond donors (Lipinski definition) is 1. The van der Waals surface area contributed by atoms with E-state index in [4.69, 9.17) is 4.98 Å². The first-order valence-electron chi connectivity index (χ1n) is 12.1. The highest BCUT2D eigenvalue weighted by molar-refractivity contribution is 7.80. The summed E-state index contributed by atoms with van der Waals surface area (Å²) < 4.78 is 23.7. The maximum Gasteiger partial charge on any atom is 0.227 e. The number of nitrogens with one attached hydrogen (secondary N) is 1. The van der Waals surface area contributed by atoms with Crippen molar-refractivity contribution in [2.45, 2.75) is 6.92 Å². The lowest BCUT2D eigenvalue weighted by atomic mass is 10.0. The van der Waals surface area contributed by atoms with Gasteiger partial charge in [-0.15, -0.1) is 0 Å². The van der Waals surface area contributed by atoms with Crippen molar-refractivity contribution < 1.29 is 8.76 Å². The van der Waals surface area contributed by atoms with Gasteiger partial charge in [0.05, 0.1) is 5.52 Å². The third-order valence-corrected chi connectivity index (χ3v) is 7.32. The van der Waals surface area contributed by atoms with E-state index in [1.165, 1.54) is 17.0 Å². The molecule has 5 rings (SSSR count). The zero-order chi connectivity index (χ0) is 25.1. The van der Waals surface area contributed by atoms with Crippen LogP contribution in [0.3, 0.4) is 0 Å². The van der Waals surface area contributed by atoms with Crippen LogP contribution in [0.4, 0.5) is 23.0 Å². The van der Waals surface area contributed by atoms with Crippen LogP contribution < -0.4 is 14.5 Å². The van der Waals surface area contributed by atoms with E-state index in [9.17, 15) is 8.76 Å². The van der Waals surface area contributed by atoms with Crippen molar-refractivity contribution >= 4 is 45.2 Å². The molecular formula is C27H29N6O2S-. The SMILES string of the molecule is CCN1CCN(c2cccc(Nc3ncc4cccc(-c5ccc(N(C)S(=O)[O-])cc5)c4n3)c2)CC1. The predicted octanol–water partition coefficient (Wildman–Crippen LogP) is 4.41. The molecule has 0 bridgehead atoms. The first kappa shape index (κ1) is 24.2. The topological polar surface area (TPSA) is 87.7 Å². The largest absolute Gasteiger partial charge is 0.755 e. The zero-order valence-corrected chi connectivity index (χ0v) is 21.2. The molecule has 0 amide bonds. The highest BCUT2D eigenvalue weighted by Gasteiger charge is 2.16. The number of piperazine rings is 1. The first-order chi connectivity index (χ1) is 17.5. The Balaban J connectivity index is 1.40. The fraction of sp³-hybridized carbons (Fsp3) is 0.259. The number of hydrogen-bond acceptors (Lipinski definition) is 7. The molecule has 2 heterocycles. The van der Waals surface area contributed by atoms with Gasteiger partial charge in [-0.05, 0) is 42.4 Å². The molecule has 4 aromatic rings. The van der Waals surface area contributed by atoms with Crippen LogP contribution in [0.1, 0.15) is 6.92 Å². The summed E-state index contributed by atoms with van der Waals surface area (Å²) in [5.74, 6) is 0.529. The minimum Gasteiger partial charge on any atom is -0.755 e. The molecule has 36 heavy (non-hydrogen) atoms. The van der Waals surface area contributed by atoms with Crippen molar-refractivity contribution in [3.8, 4) is 11.1 Å². The first-order valence-corrected chi connectivity index (χ1v) is 13.1. The van der Waals surface area contributed by atoms with Gasteiger partial charge in [-0.3, -0.25) is 4.21 Å². The fourth-order valence-electron chi connectivity index (χ4n) is 4.52. The van der Waals surface area contributed by atoms with E-state index < -0.39 is 11.3 Å². The van der Waals surface area contributed by atoms with Gasteiger partial charge in [0.15, 0.2) is 0 Å². The number of nitrogens with zero attached hydrogens (tertiary/aromatic N) is 5. The number of para-hydroxylation sites is 1. The van der Waals surface area contributed by atoms with Crippen molar-refractivity contribution in [2.75, 3.05) is 54.3 Å². The predicted molar refractivity (Wildman–Crippen MR) is 146 cm³/mol. The Labute approximate surface area is 214 Å². The lowest BCUT2D eigenvalue weighted by Crippen LogP contribution is -2.46. The van der Waals surface area contributed by atoms with Crippen LogP contribution in [-0.4, -0.2) is 63.4 Å². The van der Waals surface area contributed by atoms with Crippen LogP contribution in [-0.2, 0) is 11.3 Å². The van der Waals surface area contributed by atoms with Crippen molar-refractivity contribution in [1.82, 2.24) is 14.9 Å². The molecule has 3 aromatic carbocycles. The van der Waals surface area contributed by atoms with Crippen molar-refractivity contribution in [3.05, 3.63) is 72.9 Å². The van der Waals surface area contributed by atoms with Gasteiger partial charge >= 0.3 is 0 Å². The number of benzene rings is 3. The van der Waals surface area contributed by atoms with Crippen LogP contribution in [0.25, 0.3) is 22.0 Å². The monoisotopic (exact) mass is 501 g/mol. The van der Waals surface area contributed by atoms with Crippen LogP contribution in [0, 0.1) is 0 Å². The summed E-state index contributed by atoms with van der Waals surface area (Å²) in [6, 6.07) is 21.8. The minimum atomic E-state index is -2.31. The van der Waals surface area contributed by atoms with E-state index in [-0.39, 0.29) is 0 Å². The maximum atomic E-state index is 11.3. The molecule has 9 heteroatoms. The van der Waals surface area contributed by atoms with E-state index in [0.717, 1.165) is 60.4 Å². The van der Waals surface area contributed by atoms with Crippen molar-refractivity contribution in [3.63, 3.8) is 0 Å². The van der Waals surface area contributed by atoms with E-state index in [1.54, 1.807) is 12.1 Å². The lowest BCUT2D eigenvalue weighted by Gasteiger charge is -2.35. The van der Waals surface area contributed by atoms with Gasteiger partial charge in [-0.1, -0.05) is 43.3 Å². The molecule has 1 atom stereocenters. The van der Waals surface area contributed by atoms with Crippen LogP contribution in [0.5, 0.6) is 0 Å². The number of anilines is 4. The average Bonchev–Trinajstić information content (AvgIpc) is 2.92. The van der Waals surface area contributed by atoms with Gasteiger partial charge < -0.3 is 24.0 Å². The van der Waals surface area contributed by atoms with Gasteiger partial charge in [0, 0.05) is 78.7 Å². The summed E-state index contributed by atoms with van der Waals surface area (Å²) in [5.41, 5.74) is 5.47. The number of likely N-dealkylation sites (N-methyl/N-ethyl adjacent to an activating group) is 1. The Morgan fingerprint density at radius 1 is 1.03 bits per heavy atom. The molecule has 0 radical (unpaired) electrons. The zero-order valence-electron chi connectivity index (χ0n) is 20.4. The van der Waals surface area contributed by atoms with Crippen LogP contribution >= 0.6 is 0 Å².